The van der Waals surface area contributed by atoms with Crippen LogP contribution in [0.3, 0.4) is 0 Å². The van der Waals surface area contributed by atoms with E-state index in [1.165, 1.54) is 22.7 Å². The molecule has 2 aromatic carbocycles. The minimum absolute atomic E-state index is 0.970. The van der Waals surface area contributed by atoms with Crippen LogP contribution in [0.25, 0.3) is 11.0 Å². The number of benzene rings is 2. The third-order valence-electron chi connectivity index (χ3n) is 4.44. The molecule has 0 atom stereocenters. The Hall–Kier alpha value is -1.30. The average molecular weight is 402 g/mol. The van der Waals surface area contributed by atoms with Gasteiger partial charge in [-0.15, -0.1) is 11.8 Å². The lowest BCUT2D eigenvalue weighted by atomic mass is 10.3. The first-order valence-electron chi connectivity index (χ1n) is 8.34. The molecule has 0 bridgehead atoms. The zero-order valence-electron chi connectivity index (χ0n) is 13.5. The van der Waals surface area contributed by atoms with Gasteiger partial charge >= 0.3 is 0 Å². The molecule has 3 aromatic rings. The molecule has 0 saturated heterocycles. The van der Waals surface area contributed by atoms with Crippen LogP contribution in [0.15, 0.2) is 57.9 Å². The molecule has 0 spiro atoms. The molecule has 1 aromatic heterocycles. The van der Waals surface area contributed by atoms with Crippen LogP contribution < -0.4 is 0 Å². The van der Waals surface area contributed by atoms with Gasteiger partial charge < -0.3 is 4.57 Å². The number of imidazole rings is 1. The fraction of sp³-hybridized carbons (Fsp3) is 0.316. The quantitative estimate of drug-likeness (QED) is 0.452. The lowest BCUT2D eigenvalue weighted by Crippen LogP contribution is -2.34. The van der Waals surface area contributed by atoms with Gasteiger partial charge in [0, 0.05) is 22.5 Å². The molecule has 2 heterocycles. The summed E-state index contributed by atoms with van der Waals surface area (Å²) in [5.41, 5.74) is 2.40. The first kappa shape index (κ1) is 16.2. The highest BCUT2D eigenvalue weighted by atomic mass is 79.9. The summed E-state index contributed by atoms with van der Waals surface area (Å²) in [5, 5.41) is 0. The summed E-state index contributed by atoms with van der Waals surface area (Å²) in [6.07, 6.45) is 1.21. The first-order chi connectivity index (χ1) is 11.8. The Labute approximate surface area is 155 Å². The largest absolute Gasteiger partial charge is 0.326 e. The highest BCUT2D eigenvalue weighted by Gasteiger charge is 2.19. The third kappa shape index (κ3) is 3.53. The molecule has 24 heavy (non-hydrogen) atoms. The van der Waals surface area contributed by atoms with E-state index >= 15 is 0 Å². The topological polar surface area (TPSA) is 21.1 Å². The number of aromatic nitrogens is 2. The van der Waals surface area contributed by atoms with Gasteiger partial charge in [0.2, 0.25) is 0 Å². The number of hydrogen-bond donors (Lipinski definition) is 0. The van der Waals surface area contributed by atoms with Crippen molar-refractivity contribution < 1.29 is 0 Å². The number of fused-ring (bicyclic) bond motifs is 3. The van der Waals surface area contributed by atoms with Gasteiger partial charge in [-0.25, -0.2) is 4.98 Å². The molecule has 124 valence electrons. The Morgan fingerprint density at radius 2 is 1.88 bits per heavy atom. The molecule has 0 N–H and O–H groups in total. The molecule has 1 aliphatic rings. The fourth-order valence-corrected chi connectivity index (χ4v) is 4.32. The van der Waals surface area contributed by atoms with E-state index in [4.69, 9.17) is 4.98 Å². The smallest absolute Gasteiger partial charge is 0.124 e. The van der Waals surface area contributed by atoms with Gasteiger partial charge in [0.25, 0.3) is 0 Å². The molecule has 0 fully saturated rings. The van der Waals surface area contributed by atoms with Crippen molar-refractivity contribution in [1.82, 2.24) is 14.5 Å². The van der Waals surface area contributed by atoms with E-state index in [9.17, 15) is 0 Å². The van der Waals surface area contributed by atoms with Crippen molar-refractivity contribution in [2.24, 2.45) is 0 Å². The Morgan fingerprint density at radius 3 is 2.75 bits per heavy atom. The Morgan fingerprint density at radius 1 is 1.04 bits per heavy atom. The van der Waals surface area contributed by atoms with Gasteiger partial charge in [0.15, 0.2) is 0 Å². The van der Waals surface area contributed by atoms with Gasteiger partial charge in [0.05, 0.1) is 17.6 Å². The summed E-state index contributed by atoms with van der Waals surface area (Å²) in [5.74, 6) is 2.37. The number of nitrogens with zero attached hydrogens (tertiary/aromatic N) is 3. The first-order valence-corrected chi connectivity index (χ1v) is 10.1. The summed E-state index contributed by atoms with van der Waals surface area (Å²) in [4.78, 5) is 8.68. The molecule has 0 aliphatic carbocycles. The van der Waals surface area contributed by atoms with Gasteiger partial charge in [-0.2, -0.15) is 0 Å². The van der Waals surface area contributed by atoms with Crippen LogP contribution in [-0.4, -0.2) is 33.3 Å². The number of para-hydroxylation sites is 2. The van der Waals surface area contributed by atoms with Gasteiger partial charge in [0.1, 0.15) is 5.82 Å². The molecule has 0 radical (unpaired) electrons. The second-order valence-electron chi connectivity index (χ2n) is 6.10. The molecule has 5 heteroatoms. The minimum Gasteiger partial charge on any atom is -0.326 e. The van der Waals surface area contributed by atoms with E-state index in [0.717, 1.165) is 41.9 Å². The fourth-order valence-electron chi connectivity index (χ4n) is 3.22. The van der Waals surface area contributed by atoms with Crippen molar-refractivity contribution in [2.75, 3.05) is 18.8 Å². The van der Waals surface area contributed by atoms with Crippen molar-refractivity contribution in [3.63, 3.8) is 0 Å². The predicted octanol–water partition coefficient (Wildman–Crippen LogP) is 4.80. The highest BCUT2D eigenvalue weighted by molar-refractivity contribution is 9.10. The third-order valence-corrected chi connectivity index (χ3v) is 6.07. The molecule has 4 rings (SSSR count). The van der Waals surface area contributed by atoms with E-state index in [1.807, 2.05) is 11.8 Å². The van der Waals surface area contributed by atoms with Crippen LogP contribution >= 0.6 is 27.7 Å². The predicted molar refractivity (Wildman–Crippen MR) is 104 cm³/mol. The van der Waals surface area contributed by atoms with E-state index < -0.39 is 0 Å². The maximum absolute atomic E-state index is 4.80. The van der Waals surface area contributed by atoms with Crippen LogP contribution in [0, 0.1) is 0 Å². The van der Waals surface area contributed by atoms with Crippen LogP contribution in [0.1, 0.15) is 12.2 Å². The Balaban J connectivity index is 1.30. The average Bonchev–Trinajstić information content (AvgIpc) is 2.98. The Bertz CT molecular complexity index is 828. The summed E-state index contributed by atoms with van der Waals surface area (Å²) < 4.78 is 3.52. The van der Waals surface area contributed by atoms with Crippen molar-refractivity contribution >= 4 is 38.7 Å². The van der Waals surface area contributed by atoms with Crippen LogP contribution in [0.2, 0.25) is 0 Å². The van der Waals surface area contributed by atoms with Crippen molar-refractivity contribution in [1.29, 1.82) is 0 Å². The van der Waals surface area contributed by atoms with E-state index in [0.29, 0.717) is 0 Å². The normalized spacial score (nSPS) is 14.9. The van der Waals surface area contributed by atoms with Crippen molar-refractivity contribution in [3.8, 4) is 0 Å². The van der Waals surface area contributed by atoms with Crippen molar-refractivity contribution in [3.05, 3.63) is 58.8 Å². The maximum atomic E-state index is 4.80. The van der Waals surface area contributed by atoms with Crippen LogP contribution in [0.4, 0.5) is 0 Å². The zero-order chi connectivity index (χ0) is 16.4. The van der Waals surface area contributed by atoms with E-state index in [-0.39, 0.29) is 0 Å². The number of thioether (sulfide) groups is 1. The lowest BCUT2D eigenvalue weighted by molar-refractivity contribution is 0.220. The summed E-state index contributed by atoms with van der Waals surface area (Å²) >= 11 is 5.42. The zero-order valence-corrected chi connectivity index (χ0v) is 15.9. The second-order valence-corrected chi connectivity index (χ2v) is 8.18. The molecule has 3 nitrogen and oxygen atoms in total. The number of hydrogen-bond acceptors (Lipinski definition) is 3. The lowest BCUT2D eigenvalue weighted by Gasteiger charge is -2.27. The second kappa shape index (κ2) is 7.30. The number of halogens is 1. The van der Waals surface area contributed by atoms with Crippen molar-refractivity contribution in [2.45, 2.75) is 24.4 Å². The van der Waals surface area contributed by atoms with Crippen LogP contribution in [-0.2, 0) is 13.1 Å². The monoisotopic (exact) mass is 401 g/mol. The molecule has 0 unspecified atom stereocenters. The summed E-state index contributed by atoms with van der Waals surface area (Å²) in [6.45, 7) is 4.29. The molecular weight excluding hydrogens is 382 g/mol. The van der Waals surface area contributed by atoms with E-state index in [2.05, 4.69) is 73.9 Å². The molecule has 0 saturated carbocycles. The van der Waals surface area contributed by atoms with Crippen LogP contribution in [0.5, 0.6) is 0 Å². The minimum atomic E-state index is 0.970. The summed E-state index contributed by atoms with van der Waals surface area (Å²) in [6, 6.07) is 17.0. The summed E-state index contributed by atoms with van der Waals surface area (Å²) in [7, 11) is 0. The number of rotatable bonds is 5. The van der Waals surface area contributed by atoms with Gasteiger partial charge in [-0.1, -0.05) is 28.1 Å². The van der Waals surface area contributed by atoms with Gasteiger partial charge in [-0.3, -0.25) is 4.90 Å². The Kier molecular flexibility index (Phi) is 4.92. The molecular formula is C19H20BrN3S. The SMILES string of the molecule is Brc1ccc(SCCCN2CCn3c(nc4ccccc43)C2)cc1. The maximum Gasteiger partial charge on any atom is 0.124 e. The standard InChI is InChI=1S/C19H20BrN3S/c20-15-6-8-16(9-7-15)24-13-3-10-22-11-12-23-18-5-2-1-4-17(18)21-19(23)14-22/h1-2,4-9H,3,10-14H2. The molecule has 1 aliphatic heterocycles. The highest BCUT2D eigenvalue weighted by Crippen LogP contribution is 2.23. The van der Waals surface area contributed by atoms with Gasteiger partial charge in [-0.05, 0) is 55.1 Å². The molecule has 0 amide bonds. The van der Waals surface area contributed by atoms with E-state index in [1.54, 1.807) is 0 Å².